The van der Waals surface area contributed by atoms with Crippen LogP contribution in [-0.2, 0) is 6.61 Å². The molecule has 124 valence electrons. The highest BCUT2D eigenvalue weighted by atomic mass is 19.1. The van der Waals surface area contributed by atoms with Crippen LogP contribution in [0, 0.1) is 5.82 Å². The maximum Gasteiger partial charge on any atom is 0.247 e. The van der Waals surface area contributed by atoms with E-state index in [-0.39, 0.29) is 12.4 Å². The van der Waals surface area contributed by atoms with Crippen LogP contribution in [0.3, 0.4) is 0 Å². The highest BCUT2D eigenvalue weighted by Gasteiger charge is 2.09. The van der Waals surface area contributed by atoms with Gasteiger partial charge in [-0.15, -0.1) is 10.2 Å². The number of ether oxygens (including phenoxy) is 1. The fourth-order valence-corrected chi connectivity index (χ4v) is 2.28. The monoisotopic (exact) mass is 337 g/mol. The van der Waals surface area contributed by atoms with E-state index in [0.717, 1.165) is 5.56 Å². The molecule has 0 radical (unpaired) electrons. The van der Waals surface area contributed by atoms with Gasteiger partial charge in [-0.25, -0.2) is 9.37 Å². The summed E-state index contributed by atoms with van der Waals surface area (Å²) >= 11 is 0. The second-order valence-corrected chi connectivity index (χ2v) is 5.21. The fraction of sp³-hybridized carbons (Fsp3) is 0.0556. The third-order valence-electron chi connectivity index (χ3n) is 3.47. The van der Waals surface area contributed by atoms with Gasteiger partial charge in [0.1, 0.15) is 30.1 Å². The second kappa shape index (κ2) is 6.56. The maximum atomic E-state index is 13.3. The van der Waals surface area contributed by atoms with Crippen molar-refractivity contribution in [3.05, 3.63) is 72.7 Å². The van der Waals surface area contributed by atoms with E-state index < -0.39 is 0 Å². The van der Waals surface area contributed by atoms with Gasteiger partial charge in [0.15, 0.2) is 0 Å². The molecule has 25 heavy (non-hydrogen) atoms. The van der Waals surface area contributed by atoms with Gasteiger partial charge in [-0.3, -0.25) is 0 Å². The zero-order valence-corrected chi connectivity index (χ0v) is 12.9. The van der Waals surface area contributed by atoms with Crippen molar-refractivity contribution in [3.63, 3.8) is 0 Å². The predicted octanol–water partition coefficient (Wildman–Crippen LogP) is 4.11. The summed E-state index contributed by atoms with van der Waals surface area (Å²) in [6, 6.07) is 13.3. The number of rotatable bonds is 5. The maximum absolute atomic E-state index is 13.3. The first-order valence-corrected chi connectivity index (χ1v) is 7.48. The van der Waals surface area contributed by atoms with Crippen LogP contribution in [0.1, 0.15) is 5.69 Å². The molecule has 0 aliphatic carbocycles. The number of hydrogen-bond donors (Lipinski definition) is 0. The van der Waals surface area contributed by atoms with Crippen molar-refractivity contribution >= 4 is 0 Å². The molecule has 0 unspecified atom stereocenters. The van der Waals surface area contributed by atoms with Gasteiger partial charge in [-0.2, -0.15) is 0 Å². The molecule has 0 bridgehead atoms. The molecule has 6 nitrogen and oxygen atoms in total. The molecule has 2 aromatic heterocycles. The predicted molar refractivity (Wildman–Crippen MR) is 86.0 cm³/mol. The number of nitrogens with zero attached hydrogens (tertiary/aromatic N) is 3. The van der Waals surface area contributed by atoms with Gasteiger partial charge in [0.25, 0.3) is 0 Å². The van der Waals surface area contributed by atoms with Gasteiger partial charge in [-0.05, 0) is 42.5 Å². The molecule has 4 rings (SSSR count). The van der Waals surface area contributed by atoms with E-state index in [1.165, 1.54) is 24.8 Å². The van der Waals surface area contributed by atoms with E-state index in [0.29, 0.717) is 28.8 Å². The second-order valence-electron chi connectivity index (χ2n) is 5.21. The highest BCUT2D eigenvalue weighted by molar-refractivity contribution is 5.54. The summed E-state index contributed by atoms with van der Waals surface area (Å²) in [5.74, 6) is 1.13. The fourth-order valence-electron chi connectivity index (χ4n) is 2.28. The van der Waals surface area contributed by atoms with E-state index in [9.17, 15) is 4.39 Å². The van der Waals surface area contributed by atoms with Gasteiger partial charge < -0.3 is 13.6 Å². The van der Waals surface area contributed by atoms with Crippen molar-refractivity contribution < 1.29 is 18.0 Å². The van der Waals surface area contributed by atoms with Crippen molar-refractivity contribution in [3.8, 4) is 28.7 Å². The molecule has 0 aliphatic rings. The normalized spacial score (nSPS) is 10.8. The Morgan fingerprint density at radius 2 is 1.84 bits per heavy atom. The van der Waals surface area contributed by atoms with E-state index in [1.54, 1.807) is 24.3 Å². The Morgan fingerprint density at radius 1 is 0.960 bits per heavy atom. The number of aromatic nitrogens is 3. The van der Waals surface area contributed by atoms with E-state index in [1.807, 2.05) is 12.1 Å². The molecular formula is C18H12FN3O3. The molecule has 0 amide bonds. The summed E-state index contributed by atoms with van der Waals surface area (Å²) in [7, 11) is 0. The number of halogens is 1. The SMILES string of the molecule is Fc1cccc(-c2nc(COc3ccc(-c4nnco4)cc3)co2)c1. The van der Waals surface area contributed by atoms with Crippen LogP contribution in [0.4, 0.5) is 4.39 Å². The van der Waals surface area contributed by atoms with E-state index in [4.69, 9.17) is 13.6 Å². The summed E-state index contributed by atoms with van der Waals surface area (Å²) in [6.45, 7) is 0.235. The van der Waals surface area contributed by atoms with Crippen molar-refractivity contribution in [1.29, 1.82) is 0 Å². The van der Waals surface area contributed by atoms with Crippen LogP contribution in [0.5, 0.6) is 5.75 Å². The average Bonchev–Trinajstić information content (AvgIpc) is 3.32. The molecule has 7 heteroatoms. The zero-order chi connectivity index (χ0) is 17.1. The summed E-state index contributed by atoms with van der Waals surface area (Å²) in [5.41, 5.74) is 2.00. The molecule has 4 aromatic rings. The van der Waals surface area contributed by atoms with Crippen molar-refractivity contribution in [2.24, 2.45) is 0 Å². The molecule has 0 saturated carbocycles. The molecule has 0 fully saturated rings. The number of hydrogen-bond acceptors (Lipinski definition) is 6. The van der Waals surface area contributed by atoms with Gasteiger partial charge in [-0.1, -0.05) is 6.07 Å². The quantitative estimate of drug-likeness (QED) is 0.545. The highest BCUT2D eigenvalue weighted by Crippen LogP contribution is 2.22. The lowest BCUT2D eigenvalue weighted by atomic mass is 10.2. The molecule has 0 saturated heterocycles. The van der Waals surface area contributed by atoms with Crippen LogP contribution in [0.15, 0.2) is 70.0 Å². The molecule has 0 spiro atoms. The van der Waals surface area contributed by atoms with Crippen molar-refractivity contribution in [1.82, 2.24) is 15.2 Å². The van der Waals surface area contributed by atoms with Crippen LogP contribution in [0.25, 0.3) is 22.9 Å². The first-order chi connectivity index (χ1) is 12.3. The van der Waals surface area contributed by atoms with Crippen LogP contribution >= 0.6 is 0 Å². The third kappa shape index (κ3) is 3.40. The zero-order valence-electron chi connectivity index (χ0n) is 12.9. The summed E-state index contributed by atoms with van der Waals surface area (Å²) in [6.07, 6.45) is 2.77. The van der Waals surface area contributed by atoms with Crippen LogP contribution in [0.2, 0.25) is 0 Å². The van der Waals surface area contributed by atoms with Crippen LogP contribution < -0.4 is 4.74 Å². The molecular weight excluding hydrogens is 325 g/mol. The summed E-state index contributed by atoms with van der Waals surface area (Å²) in [5, 5.41) is 7.48. The van der Waals surface area contributed by atoms with Gasteiger partial charge >= 0.3 is 0 Å². The van der Waals surface area contributed by atoms with Crippen molar-refractivity contribution in [2.45, 2.75) is 6.61 Å². The minimum atomic E-state index is -0.338. The van der Waals surface area contributed by atoms with Crippen LogP contribution in [-0.4, -0.2) is 15.2 Å². The third-order valence-corrected chi connectivity index (χ3v) is 3.47. The molecule has 2 heterocycles. The number of oxazole rings is 1. The Bertz CT molecular complexity index is 965. The average molecular weight is 337 g/mol. The Labute approximate surface area is 141 Å². The lowest BCUT2D eigenvalue weighted by Crippen LogP contribution is -1.95. The summed E-state index contributed by atoms with van der Waals surface area (Å²) in [4.78, 5) is 4.30. The minimum absolute atomic E-state index is 0.235. The van der Waals surface area contributed by atoms with E-state index in [2.05, 4.69) is 15.2 Å². The van der Waals surface area contributed by atoms with Gasteiger partial charge in [0, 0.05) is 11.1 Å². The topological polar surface area (TPSA) is 74.2 Å². The Kier molecular flexibility index (Phi) is 3.96. The Balaban J connectivity index is 1.42. The van der Waals surface area contributed by atoms with Crippen molar-refractivity contribution in [2.75, 3.05) is 0 Å². The van der Waals surface area contributed by atoms with E-state index >= 15 is 0 Å². The minimum Gasteiger partial charge on any atom is -0.487 e. The Hall–Kier alpha value is -3.48. The summed E-state index contributed by atoms with van der Waals surface area (Å²) < 4.78 is 29.4. The van der Waals surface area contributed by atoms with Gasteiger partial charge in [0.2, 0.25) is 18.2 Å². The largest absolute Gasteiger partial charge is 0.487 e. The lowest BCUT2D eigenvalue weighted by Gasteiger charge is -2.04. The first kappa shape index (κ1) is 15.1. The smallest absolute Gasteiger partial charge is 0.247 e. The standard InChI is InChI=1S/C18H12FN3O3/c19-14-3-1-2-13(8-14)17-21-15(10-24-17)9-23-16-6-4-12(5-7-16)18-22-20-11-25-18/h1-8,10-11H,9H2. The molecule has 0 atom stereocenters. The lowest BCUT2D eigenvalue weighted by molar-refractivity contribution is 0.301. The van der Waals surface area contributed by atoms with Gasteiger partial charge in [0.05, 0.1) is 0 Å². The first-order valence-electron chi connectivity index (χ1n) is 7.48. The Morgan fingerprint density at radius 3 is 2.60 bits per heavy atom. The number of benzene rings is 2. The molecule has 0 N–H and O–H groups in total. The molecule has 0 aliphatic heterocycles. The molecule has 2 aromatic carbocycles.